The molecule has 0 amide bonds. The van der Waals surface area contributed by atoms with E-state index in [9.17, 15) is 14.7 Å². The van der Waals surface area contributed by atoms with Gasteiger partial charge < -0.3 is 59.0 Å². The Bertz CT molecular complexity index is 875. The highest BCUT2D eigenvalue weighted by molar-refractivity contribution is 7.81. The van der Waals surface area contributed by atoms with Crippen LogP contribution in [0.15, 0.2) is 21.9 Å². The first kappa shape index (κ1) is 33.4. The molecule has 1 aromatic rings. The maximum atomic E-state index is 11.5. The van der Waals surface area contributed by atoms with Crippen molar-refractivity contribution in [3.05, 3.63) is 33.1 Å². The fourth-order valence-electron chi connectivity index (χ4n) is 1.74. The minimum Gasteiger partial charge on any atom is -0.394 e. The summed E-state index contributed by atoms with van der Waals surface area (Å²) in [5.74, 6) is 0. The quantitative estimate of drug-likeness (QED) is 0.121. The molecule has 2 rings (SSSR count). The fourth-order valence-corrected chi connectivity index (χ4v) is 2.14. The number of hydrogen-bond donors (Lipinski definition) is 13. The van der Waals surface area contributed by atoms with Gasteiger partial charge in [-0.15, -0.1) is 0 Å². The Kier molecular flexibility index (Phi) is 14.4. The summed E-state index contributed by atoms with van der Waals surface area (Å²) in [6.45, 7) is -0.368. The van der Waals surface area contributed by atoms with Crippen LogP contribution in [-0.4, -0.2) is 87.9 Å². The maximum absolute atomic E-state index is 11.5. The van der Waals surface area contributed by atoms with Gasteiger partial charge in [0.2, 0.25) is 0 Å². The molecule has 0 aliphatic carbocycles. The normalized spacial score (nSPS) is 23.0. The average molecular weight is 554 g/mol. The third kappa shape index (κ3) is 19.9. The molecular formula is C9H21N2O17P3S. The molecule has 0 spiro atoms. The van der Waals surface area contributed by atoms with Crippen molar-refractivity contribution in [2.75, 3.05) is 6.61 Å². The third-order valence-corrected chi connectivity index (χ3v) is 3.20. The smallest absolute Gasteiger partial charge is 0.394 e. The summed E-state index contributed by atoms with van der Waals surface area (Å²) in [5, 5.41) is 18.0. The van der Waals surface area contributed by atoms with Crippen molar-refractivity contribution < 1.29 is 72.7 Å². The molecule has 12 N–H and O–H groups in total. The molecule has 0 unspecified atom stereocenters. The van der Waals surface area contributed by atoms with Crippen LogP contribution in [0, 0.1) is 0 Å². The standard InChI is InChI=1S/C9H12N2O5S.3H3O4P/c12-3-4-6(14)7(17)8(16-4)11-2-1-5(13)10-9(11)15;3*1-5(2,3)4/h1-2,4,6-8,12,14,17H,3H2,(H,10,13,15);3*(H3,1,2,3,4)/t4-,6-,7-,8-;;;/m1.../s1. The summed E-state index contributed by atoms with van der Waals surface area (Å²) in [4.78, 5) is 89.2. The Morgan fingerprint density at radius 2 is 1.31 bits per heavy atom. The van der Waals surface area contributed by atoms with Gasteiger partial charge in [0, 0.05) is 12.3 Å². The Balaban J connectivity index is 0. The van der Waals surface area contributed by atoms with Crippen molar-refractivity contribution in [1.29, 1.82) is 0 Å². The van der Waals surface area contributed by atoms with Crippen LogP contribution in [0.4, 0.5) is 0 Å². The second-order valence-corrected chi connectivity index (χ2v) is 8.96. The molecule has 190 valence electrons. The number of aliphatic hydroxyl groups excluding tert-OH is 2. The minimum atomic E-state index is -4.64. The van der Waals surface area contributed by atoms with E-state index in [1.165, 1.54) is 12.3 Å². The lowest BCUT2D eigenvalue weighted by molar-refractivity contribution is -0.0457. The van der Waals surface area contributed by atoms with Crippen LogP contribution in [0.25, 0.3) is 0 Å². The molecule has 0 saturated carbocycles. The lowest BCUT2D eigenvalue weighted by atomic mass is 10.2. The maximum Gasteiger partial charge on any atom is 0.466 e. The van der Waals surface area contributed by atoms with Crippen LogP contribution >= 0.6 is 36.1 Å². The zero-order valence-electron chi connectivity index (χ0n) is 15.3. The first-order chi connectivity index (χ1) is 14.0. The van der Waals surface area contributed by atoms with Crippen LogP contribution < -0.4 is 11.2 Å². The van der Waals surface area contributed by atoms with Crippen LogP contribution in [0.5, 0.6) is 0 Å². The van der Waals surface area contributed by atoms with E-state index in [0.717, 1.165) is 4.57 Å². The van der Waals surface area contributed by atoms with Gasteiger partial charge in [-0.25, -0.2) is 18.5 Å². The summed E-state index contributed by atoms with van der Waals surface area (Å²) in [6.07, 6.45) is -1.33. The number of nitrogens with zero attached hydrogens (tertiary/aromatic N) is 1. The fraction of sp³-hybridized carbons (Fsp3) is 0.556. The highest BCUT2D eigenvalue weighted by atomic mass is 32.1. The number of rotatable bonds is 2. The number of hydrogen-bond acceptors (Lipinski definition) is 9. The zero-order valence-corrected chi connectivity index (χ0v) is 18.9. The molecule has 1 aliphatic rings. The number of ether oxygens (including phenoxy) is 1. The van der Waals surface area contributed by atoms with E-state index in [4.69, 9.17) is 67.6 Å². The van der Waals surface area contributed by atoms with Crippen LogP contribution in [0.2, 0.25) is 0 Å². The van der Waals surface area contributed by atoms with Gasteiger partial charge in [-0.2, -0.15) is 12.6 Å². The number of aromatic nitrogens is 2. The Labute approximate surface area is 182 Å². The number of thiol groups is 1. The minimum absolute atomic E-state index is 0.368. The third-order valence-electron chi connectivity index (χ3n) is 2.64. The van der Waals surface area contributed by atoms with Crippen molar-refractivity contribution in [3.63, 3.8) is 0 Å². The summed E-state index contributed by atoms with van der Waals surface area (Å²) in [7, 11) is -13.9. The molecule has 1 saturated heterocycles. The van der Waals surface area contributed by atoms with Crippen LogP contribution in [-0.2, 0) is 18.4 Å². The van der Waals surface area contributed by atoms with E-state index in [1.807, 2.05) is 0 Å². The van der Waals surface area contributed by atoms with E-state index in [1.54, 1.807) is 0 Å². The van der Waals surface area contributed by atoms with Gasteiger partial charge in [0.05, 0.1) is 18.0 Å². The number of phosphoric acid groups is 3. The highest BCUT2D eigenvalue weighted by Gasteiger charge is 2.42. The highest BCUT2D eigenvalue weighted by Crippen LogP contribution is 2.31. The Morgan fingerprint density at radius 1 is 0.938 bits per heavy atom. The van der Waals surface area contributed by atoms with E-state index in [-0.39, 0.29) is 6.61 Å². The predicted octanol–water partition coefficient (Wildman–Crippen LogP) is -4.70. The second kappa shape index (κ2) is 13.8. The second-order valence-electron chi connectivity index (χ2n) is 5.29. The van der Waals surface area contributed by atoms with Gasteiger partial charge >= 0.3 is 29.2 Å². The molecule has 4 atom stereocenters. The molecule has 1 aliphatic heterocycles. The van der Waals surface area contributed by atoms with Crippen molar-refractivity contribution in [1.82, 2.24) is 9.55 Å². The summed E-state index contributed by atoms with van der Waals surface area (Å²) >= 11 is 4.14. The molecule has 0 bridgehead atoms. The topological polar surface area (TPSA) is 338 Å². The number of aromatic amines is 1. The largest absolute Gasteiger partial charge is 0.466 e. The van der Waals surface area contributed by atoms with Crippen molar-refractivity contribution >= 4 is 36.1 Å². The van der Waals surface area contributed by atoms with Gasteiger partial charge in [0.15, 0.2) is 6.23 Å². The molecule has 1 fully saturated rings. The first-order valence-corrected chi connectivity index (χ1v) is 12.5. The SMILES string of the molecule is O=P(O)(O)O.O=P(O)(O)O.O=P(O)(O)O.O=c1ccn([C@@H]2O[C@H](CO)[C@@H](O)[C@H]2S)c(=O)[nH]1. The van der Waals surface area contributed by atoms with Crippen molar-refractivity contribution in [2.45, 2.75) is 23.7 Å². The molecule has 23 heteroatoms. The average Bonchev–Trinajstić information content (AvgIpc) is 2.78. The number of nitrogens with one attached hydrogen (secondary N) is 1. The summed E-state index contributed by atoms with van der Waals surface area (Å²) in [5.41, 5.74) is -1.16. The molecule has 0 radical (unpaired) electrons. The summed E-state index contributed by atoms with van der Waals surface area (Å²) < 4.78 is 33.1. The van der Waals surface area contributed by atoms with E-state index < -0.39 is 58.4 Å². The monoisotopic (exact) mass is 554 g/mol. The van der Waals surface area contributed by atoms with Crippen LogP contribution in [0.1, 0.15) is 6.23 Å². The van der Waals surface area contributed by atoms with E-state index in [2.05, 4.69) is 17.6 Å². The molecule has 1 aromatic heterocycles. The molecule has 19 nitrogen and oxygen atoms in total. The molecule has 0 aromatic carbocycles. The lowest BCUT2D eigenvalue weighted by Crippen LogP contribution is -2.35. The lowest BCUT2D eigenvalue weighted by Gasteiger charge is -2.16. The zero-order chi connectivity index (χ0) is 26.1. The van der Waals surface area contributed by atoms with Gasteiger partial charge in [-0.05, 0) is 0 Å². The first-order valence-electron chi connectivity index (χ1n) is 7.33. The van der Waals surface area contributed by atoms with Gasteiger partial charge in [0.25, 0.3) is 5.56 Å². The molecular weight excluding hydrogens is 533 g/mol. The van der Waals surface area contributed by atoms with E-state index >= 15 is 0 Å². The van der Waals surface area contributed by atoms with Gasteiger partial charge in [0.1, 0.15) is 6.10 Å². The summed E-state index contributed by atoms with van der Waals surface area (Å²) in [6, 6.07) is 1.17. The van der Waals surface area contributed by atoms with Crippen LogP contribution in [0.3, 0.4) is 0 Å². The predicted molar refractivity (Wildman–Crippen MR) is 104 cm³/mol. The van der Waals surface area contributed by atoms with Gasteiger partial charge in [-0.3, -0.25) is 14.3 Å². The number of H-pyrrole nitrogens is 1. The van der Waals surface area contributed by atoms with Crippen molar-refractivity contribution in [2.24, 2.45) is 0 Å². The van der Waals surface area contributed by atoms with Gasteiger partial charge in [-0.1, -0.05) is 0 Å². The molecule has 32 heavy (non-hydrogen) atoms. The number of aliphatic hydroxyl groups is 2. The Morgan fingerprint density at radius 3 is 1.59 bits per heavy atom. The molecule has 2 heterocycles. The Hall–Kier alpha value is -0.760. The van der Waals surface area contributed by atoms with Crippen molar-refractivity contribution in [3.8, 4) is 0 Å². The van der Waals surface area contributed by atoms with E-state index in [0.29, 0.717) is 0 Å².